The quantitative estimate of drug-likeness (QED) is 0.716. The Morgan fingerprint density at radius 2 is 2.15 bits per heavy atom. The molecule has 0 spiro atoms. The molecular weight excluding hydrogens is 192 g/mol. The van der Waals surface area contributed by atoms with Gasteiger partial charge >= 0.3 is 5.97 Å². The monoisotopic (exact) mass is 198 g/mol. The summed E-state index contributed by atoms with van der Waals surface area (Å²) >= 11 is 5.58. The summed E-state index contributed by atoms with van der Waals surface area (Å²) in [7, 11) is 0. The molecule has 3 nitrogen and oxygen atoms in total. The summed E-state index contributed by atoms with van der Waals surface area (Å²) in [6.45, 7) is 0. The molecule has 0 saturated carbocycles. The fourth-order valence-corrected chi connectivity index (χ4v) is 0.985. The number of carboxylic acid groups (broad SMARTS) is 1. The summed E-state index contributed by atoms with van der Waals surface area (Å²) in [5.41, 5.74) is 0.423. The van der Waals surface area contributed by atoms with E-state index in [4.69, 9.17) is 16.7 Å². The van der Waals surface area contributed by atoms with Gasteiger partial charge < -0.3 is 10.2 Å². The predicted molar refractivity (Wildman–Crippen MR) is 49.8 cm³/mol. The van der Waals surface area contributed by atoms with Gasteiger partial charge in [-0.3, -0.25) is 0 Å². The van der Waals surface area contributed by atoms with Crippen molar-refractivity contribution in [3.8, 4) is 5.75 Å². The van der Waals surface area contributed by atoms with E-state index in [1.807, 2.05) is 0 Å². The first kappa shape index (κ1) is 9.61. The number of aromatic hydroxyl groups is 1. The number of aliphatic carboxylic acids is 1. The van der Waals surface area contributed by atoms with Gasteiger partial charge in [-0.15, -0.1) is 0 Å². The molecule has 0 amide bonds. The van der Waals surface area contributed by atoms with Crippen LogP contribution in [0.4, 0.5) is 0 Å². The van der Waals surface area contributed by atoms with Crippen molar-refractivity contribution in [2.45, 2.75) is 0 Å². The van der Waals surface area contributed by atoms with Gasteiger partial charge in [0.15, 0.2) is 0 Å². The minimum Gasteiger partial charge on any atom is -0.507 e. The van der Waals surface area contributed by atoms with Crippen LogP contribution in [0.2, 0.25) is 5.02 Å². The maximum Gasteiger partial charge on any atom is 0.328 e. The fourth-order valence-electron chi connectivity index (χ4n) is 0.819. The lowest BCUT2D eigenvalue weighted by Crippen LogP contribution is -1.85. The highest BCUT2D eigenvalue weighted by Gasteiger charge is 1.98. The van der Waals surface area contributed by atoms with Gasteiger partial charge in [0.25, 0.3) is 0 Å². The molecule has 0 aliphatic heterocycles. The van der Waals surface area contributed by atoms with Crippen LogP contribution in [0.5, 0.6) is 5.75 Å². The van der Waals surface area contributed by atoms with E-state index in [0.717, 1.165) is 6.08 Å². The molecule has 0 aromatic heterocycles. The second kappa shape index (κ2) is 3.96. The van der Waals surface area contributed by atoms with E-state index in [0.29, 0.717) is 10.6 Å². The molecule has 4 heteroatoms. The Balaban J connectivity index is 2.96. The second-order valence-electron chi connectivity index (χ2n) is 2.37. The van der Waals surface area contributed by atoms with Crippen LogP contribution < -0.4 is 0 Å². The summed E-state index contributed by atoms with van der Waals surface area (Å²) < 4.78 is 0. The van der Waals surface area contributed by atoms with Crippen LogP contribution in [0.25, 0.3) is 6.08 Å². The summed E-state index contributed by atoms with van der Waals surface area (Å²) in [6, 6.07) is 4.46. The zero-order valence-electron chi connectivity index (χ0n) is 6.57. The Morgan fingerprint density at radius 3 is 2.69 bits per heavy atom. The van der Waals surface area contributed by atoms with E-state index < -0.39 is 5.97 Å². The zero-order valence-corrected chi connectivity index (χ0v) is 7.32. The minimum atomic E-state index is -1.06. The van der Waals surface area contributed by atoms with Crippen molar-refractivity contribution in [2.75, 3.05) is 0 Å². The topological polar surface area (TPSA) is 57.5 Å². The Labute approximate surface area is 79.9 Å². The van der Waals surface area contributed by atoms with Crippen molar-refractivity contribution in [3.63, 3.8) is 0 Å². The van der Waals surface area contributed by atoms with Crippen molar-refractivity contribution >= 4 is 23.6 Å². The third-order valence-electron chi connectivity index (χ3n) is 1.40. The van der Waals surface area contributed by atoms with Crippen molar-refractivity contribution in [1.29, 1.82) is 0 Å². The number of phenols is 1. The van der Waals surface area contributed by atoms with Crippen LogP contribution >= 0.6 is 11.6 Å². The molecule has 0 unspecified atom stereocenters. The highest BCUT2D eigenvalue weighted by Crippen LogP contribution is 2.22. The standard InChI is InChI=1S/C9H7ClO3/c10-7-3-1-6(8(11)5-7)2-4-9(12)13/h1-5,11H,(H,12,13). The molecule has 0 fully saturated rings. The second-order valence-corrected chi connectivity index (χ2v) is 2.81. The molecule has 0 aliphatic carbocycles. The summed E-state index contributed by atoms with van der Waals surface area (Å²) in [6.07, 6.45) is 2.25. The van der Waals surface area contributed by atoms with E-state index in [9.17, 15) is 9.90 Å². The van der Waals surface area contributed by atoms with Crippen molar-refractivity contribution < 1.29 is 15.0 Å². The van der Waals surface area contributed by atoms with Crippen LogP contribution in [0.1, 0.15) is 5.56 Å². The Hall–Kier alpha value is -1.48. The lowest BCUT2D eigenvalue weighted by molar-refractivity contribution is -0.131. The van der Waals surface area contributed by atoms with Crippen LogP contribution in [-0.2, 0) is 4.79 Å². The van der Waals surface area contributed by atoms with Crippen LogP contribution in [0, 0.1) is 0 Å². The minimum absolute atomic E-state index is 0.0370. The molecule has 1 aromatic carbocycles. The highest BCUT2D eigenvalue weighted by atomic mass is 35.5. The number of halogens is 1. The molecule has 2 N–H and O–H groups in total. The van der Waals surface area contributed by atoms with E-state index >= 15 is 0 Å². The largest absolute Gasteiger partial charge is 0.507 e. The maximum atomic E-state index is 10.2. The molecule has 68 valence electrons. The van der Waals surface area contributed by atoms with E-state index in [1.54, 1.807) is 6.07 Å². The average molecular weight is 199 g/mol. The van der Waals surface area contributed by atoms with Gasteiger partial charge in [-0.2, -0.15) is 0 Å². The fraction of sp³-hybridized carbons (Fsp3) is 0. The molecule has 1 aromatic rings. The smallest absolute Gasteiger partial charge is 0.328 e. The molecule has 0 radical (unpaired) electrons. The van der Waals surface area contributed by atoms with Crippen molar-refractivity contribution in [2.24, 2.45) is 0 Å². The van der Waals surface area contributed by atoms with Crippen molar-refractivity contribution in [1.82, 2.24) is 0 Å². The van der Waals surface area contributed by atoms with Crippen LogP contribution in [0.15, 0.2) is 24.3 Å². The molecule has 0 heterocycles. The van der Waals surface area contributed by atoms with E-state index in [-0.39, 0.29) is 5.75 Å². The van der Waals surface area contributed by atoms with Gasteiger partial charge in [0.2, 0.25) is 0 Å². The normalized spacial score (nSPS) is 10.5. The number of carboxylic acids is 1. The SMILES string of the molecule is O=C(O)C=Cc1ccc(Cl)cc1O. The lowest BCUT2D eigenvalue weighted by Gasteiger charge is -1.97. The predicted octanol–water partition coefficient (Wildman–Crippen LogP) is 2.14. The molecule has 13 heavy (non-hydrogen) atoms. The number of phenolic OH excluding ortho intramolecular Hbond substituents is 1. The van der Waals surface area contributed by atoms with Gasteiger partial charge in [0.05, 0.1) is 0 Å². The van der Waals surface area contributed by atoms with Gasteiger partial charge in [-0.25, -0.2) is 4.79 Å². The summed E-state index contributed by atoms with van der Waals surface area (Å²) in [4.78, 5) is 10.2. The third kappa shape index (κ3) is 2.80. The number of hydrogen-bond acceptors (Lipinski definition) is 2. The first-order valence-electron chi connectivity index (χ1n) is 3.49. The maximum absolute atomic E-state index is 10.2. The summed E-state index contributed by atoms with van der Waals surface area (Å²) in [5.74, 6) is -1.10. The van der Waals surface area contributed by atoms with Crippen LogP contribution in [-0.4, -0.2) is 16.2 Å². The Kier molecular flexibility index (Phi) is 2.93. The lowest BCUT2D eigenvalue weighted by atomic mass is 10.2. The van der Waals surface area contributed by atoms with Gasteiger partial charge in [0.1, 0.15) is 5.75 Å². The number of benzene rings is 1. The number of carbonyl (C=O) groups is 1. The molecule has 1 rings (SSSR count). The highest BCUT2D eigenvalue weighted by molar-refractivity contribution is 6.30. The molecule has 0 aliphatic rings. The average Bonchev–Trinajstić information content (AvgIpc) is 2.02. The molecule has 0 atom stereocenters. The Bertz CT molecular complexity index is 358. The van der Waals surface area contributed by atoms with Crippen LogP contribution in [0.3, 0.4) is 0 Å². The van der Waals surface area contributed by atoms with E-state index in [1.165, 1.54) is 18.2 Å². The first-order chi connectivity index (χ1) is 6.09. The first-order valence-corrected chi connectivity index (χ1v) is 3.87. The zero-order chi connectivity index (χ0) is 9.84. The van der Waals surface area contributed by atoms with Gasteiger partial charge in [-0.1, -0.05) is 11.6 Å². The summed E-state index contributed by atoms with van der Waals surface area (Å²) in [5, 5.41) is 18.0. The number of hydrogen-bond donors (Lipinski definition) is 2. The molecule has 0 saturated heterocycles. The molecule has 0 bridgehead atoms. The third-order valence-corrected chi connectivity index (χ3v) is 1.63. The van der Waals surface area contributed by atoms with Crippen molar-refractivity contribution in [3.05, 3.63) is 34.9 Å². The van der Waals surface area contributed by atoms with Gasteiger partial charge in [0, 0.05) is 16.7 Å². The van der Waals surface area contributed by atoms with Gasteiger partial charge in [-0.05, 0) is 24.3 Å². The van der Waals surface area contributed by atoms with E-state index in [2.05, 4.69) is 0 Å². The molecular formula is C9H7ClO3. The Morgan fingerprint density at radius 1 is 1.46 bits per heavy atom. The number of rotatable bonds is 2.